The molecule has 11 heteroatoms. The third kappa shape index (κ3) is 5.84. The summed E-state index contributed by atoms with van der Waals surface area (Å²) in [6, 6.07) is 1.30. The van der Waals surface area contributed by atoms with Gasteiger partial charge in [-0.2, -0.15) is 0 Å². The summed E-state index contributed by atoms with van der Waals surface area (Å²) in [5, 5.41) is 0. The lowest BCUT2D eigenvalue weighted by molar-refractivity contribution is -0.00539. The van der Waals surface area contributed by atoms with Gasteiger partial charge in [-0.25, -0.2) is 9.36 Å². The summed E-state index contributed by atoms with van der Waals surface area (Å²) in [6.07, 6.45) is 0.401. The second-order valence-electron chi connectivity index (χ2n) is 12.4. The second-order valence-corrected chi connectivity index (χ2v) is 26.0. The van der Waals surface area contributed by atoms with E-state index in [1.54, 1.807) is 0 Å². The molecule has 0 amide bonds. The van der Waals surface area contributed by atoms with Crippen molar-refractivity contribution in [2.24, 2.45) is 0 Å². The topological polar surface area (TPSA) is 91.8 Å². The van der Waals surface area contributed by atoms with Crippen LogP contribution in [0.1, 0.15) is 55.4 Å². The molecule has 2 aliphatic rings. The van der Waals surface area contributed by atoms with Crippen LogP contribution < -0.4 is 11.2 Å². The van der Waals surface area contributed by atoms with Crippen LogP contribution in [-0.4, -0.2) is 53.6 Å². The average Bonchev–Trinajstić information content (AvgIpc) is 3.07. The third-order valence-electron chi connectivity index (χ3n) is 7.05. The minimum atomic E-state index is -2.92. The van der Waals surface area contributed by atoms with Gasteiger partial charge in [0, 0.05) is 12.3 Å². The Morgan fingerprint density at radius 2 is 1.54 bits per heavy atom. The van der Waals surface area contributed by atoms with Crippen LogP contribution in [-0.2, 0) is 17.7 Å². The molecular weight excluding hydrogens is 521 g/mol. The van der Waals surface area contributed by atoms with Crippen molar-refractivity contribution in [3.63, 3.8) is 0 Å². The molecule has 1 N–H and O–H groups in total. The first-order valence-corrected chi connectivity index (χ1v) is 20.8. The number of H-pyrrole nitrogens is 1. The van der Waals surface area contributed by atoms with Crippen LogP contribution >= 0.6 is 0 Å². The molecule has 206 valence electrons. The van der Waals surface area contributed by atoms with Crippen LogP contribution in [0, 0.1) is 11.5 Å². The van der Waals surface area contributed by atoms with E-state index in [1.165, 1.54) is 16.8 Å². The highest BCUT2D eigenvalue weighted by Gasteiger charge is 2.60. The molecule has 37 heavy (non-hydrogen) atoms. The fraction of sp³-hybridized carbons (Fsp3) is 0.692. The lowest BCUT2D eigenvalue weighted by Crippen LogP contribution is -2.65. The van der Waals surface area contributed by atoms with Crippen molar-refractivity contribution in [3.8, 4) is 11.5 Å². The number of ether oxygens (including phenoxy) is 1. The number of hydrogen-bond acceptors (Lipinski definition) is 6. The highest BCUT2D eigenvalue weighted by atomic mass is 28.5. The molecule has 0 aromatic carbocycles. The zero-order valence-corrected chi connectivity index (χ0v) is 27.2. The number of aromatic amines is 1. The minimum absolute atomic E-state index is 0.144. The molecule has 8 nitrogen and oxygen atoms in total. The maximum atomic E-state index is 12.8. The molecule has 0 aliphatic carbocycles. The molecule has 0 unspecified atom stereocenters. The van der Waals surface area contributed by atoms with E-state index >= 15 is 0 Å². The molecular formula is C26H44N2O6Si3. The maximum absolute atomic E-state index is 12.8. The van der Waals surface area contributed by atoms with Gasteiger partial charge in [0.25, 0.3) is 5.56 Å². The number of rotatable bonds is 5. The van der Waals surface area contributed by atoms with E-state index in [9.17, 15) is 9.59 Å². The highest BCUT2D eigenvalue weighted by molar-refractivity contribution is 6.84. The lowest BCUT2D eigenvalue weighted by atomic mass is 10.1. The smallest absolute Gasteiger partial charge is 0.335 e. The number of aromatic nitrogens is 2. The third-order valence-corrected chi connectivity index (χ3v) is 18.2. The van der Waals surface area contributed by atoms with Crippen LogP contribution in [0.2, 0.25) is 41.8 Å². The van der Waals surface area contributed by atoms with E-state index in [2.05, 4.69) is 91.5 Å². The van der Waals surface area contributed by atoms with Crippen molar-refractivity contribution < 1.29 is 17.7 Å². The quantitative estimate of drug-likeness (QED) is 0.402. The fourth-order valence-corrected chi connectivity index (χ4v) is 16.8. The maximum Gasteiger partial charge on any atom is 0.335 e. The Bertz CT molecular complexity index is 1180. The van der Waals surface area contributed by atoms with Gasteiger partial charge in [0.15, 0.2) is 6.10 Å². The number of nitrogens with zero attached hydrogens (tertiary/aromatic N) is 1. The van der Waals surface area contributed by atoms with E-state index in [0.717, 1.165) is 0 Å². The zero-order valence-electron chi connectivity index (χ0n) is 24.2. The van der Waals surface area contributed by atoms with E-state index < -0.39 is 48.7 Å². The normalized spacial score (nSPS) is 23.5. The van der Waals surface area contributed by atoms with Crippen molar-refractivity contribution >= 4 is 31.1 Å². The highest BCUT2D eigenvalue weighted by Crippen LogP contribution is 2.48. The summed E-state index contributed by atoms with van der Waals surface area (Å²) in [6.45, 7) is 24.1. The van der Waals surface area contributed by atoms with Gasteiger partial charge in [0.2, 0.25) is 5.88 Å². The molecule has 2 aliphatic heterocycles. The Kier molecular flexibility index (Phi) is 8.73. The largest absolute Gasteiger partial charge is 0.469 e. The lowest BCUT2D eigenvalue weighted by Gasteiger charge is -2.51. The standard InChI is InChI=1S/C26H44N2O6Si3/c1-17(2)36(18(3)4)31-16-22-24(33-37(34-36,19(5)6)20(7)8)21(13-15-35(9,10)11)25(32-22)28-14-12-23(29)27-26(28)30/h12,14,17-20,22,24H,16H2,1-11H3,(H,27,29,30)/t22-,24+/m1/s1. The van der Waals surface area contributed by atoms with Gasteiger partial charge in [-0.1, -0.05) is 81.0 Å². The number of fused-ring (bicyclic) bond motifs is 1. The Balaban J connectivity index is 2.27. The van der Waals surface area contributed by atoms with Gasteiger partial charge >= 0.3 is 22.8 Å². The SMILES string of the molecule is CC(C)[Si]1(C(C)C)OC[C@H]2OC(n3ccc(=O)[nH]c3=O)=C(C#C[Si](C)(C)C)[C@@H]2O[Si](C(C)C)(C(C)C)O1. The summed E-state index contributed by atoms with van der Waals surface area (Å²) in [4.78, 5) is 26.9. The molecule has 0 spiro atoms. The Labute approximate surface area is 224 Å². The molecule has 0 saturated carbocycles. The Morgan fingerprint density at radius 1 is 0.973 bits per heavy atom. The van der Waals surface area contributed by atoms with Crippen LogP contribution in [0.25, 0.3) is 5.88 Å². The molecule has 1 fully saturated rings. The fourth-order valence-electron chi connectivity index (χ4n) is 5.10. The van der Waals surface area contributed by atoms with Crippen LogP contribution in [0.15, 0.2) is 27.4 Å². The second kappa shape index (κ2) is 10.8. The van der Waals surface area contributed by atoms with Crippen molar-refractivity contribution in [3.05, 3.63) is 38.7 Å². The minimum Gasteiger partial charge on any atom is -0.469 e. The monoisotopic (exact) mass is 564 g/mol. The molecule has 0 radical (unpaired) electrons. The first-order valence-electron chi connectivity index (χ1n) is 13.3. The Hall–Kier alpha value is -1.69. The molecule has 3 heterocycles. The van der Waals surface area contributed by atoms with E-state index in [-0.39, 0.29) is 28.8 Å². The van der Waals surface area contributed by atoms with Gasteiger partial charge in [-0.15, -0.1) is 5.54 Å². The summed E-state index contributed by atoms with van der Waals surface area (Å²) >= 11 is 0. The summed E-state index contributed by atoms with van der Waals surface area (Å²) < 4.78 is 29.1. The van der Waals surface area contributed by atoms with Crippen LogP contribution in [0.3, 0.4) is 0 Å². The molecule has 3 rings (SSSR count). The first kappa shape index (κ1) is 29.9. The molecule has 1 aromatic heterocycles. The summed E-state index contributed by atoms with van der Waals surface area (Å²) in [5.74, 6) is 3.65. The van der Waals surface area contributed by atoms with Gasteiger partial charge in [0.1, 0.15) is 14.2 Å². The summed E-state index contributed by atoms with van der Waals surface area (Å²) in [5.41, 5.74) is 3.69. The van der Waals surface area contributed by atoms with E-state index in [1.807, 2.05) is 0 Å². The molecule has 2 atom stereocenters. The van der Waals surface area contributed by atoms with E-state index in [4.69, 9.17) is 17.7 Å². The van der Waals surface area contributed by atoms with Gasteiger partial charge in [-0.3, -0.25) is 9.78 Å². The number of nitrogens with one attached hydrogen (secondary N) is 1. The molecule has 1 aromatic rings. The van der Waals surface area contributed by atoms with Gasteiger partial charge in [0.05, 0.1) is 12.2 Å². The van der Waals surface area contributed by atoms with E-state index in [0.29, 0.717) is 11.5 Å². The predicted molar refractivity (Wildman–Crippen MR) is 154 cm³/mol. The molecule has 0 bridgehead atoms. The van der Waals surface area contributed by atoms with Crippen molar-refractivity contribution in [1.29, 1.82) is 0 Å². The van der Waals surface area contributed by atoms with Crippen molar-refractivity contribution in [2.45, 2.75) is 109 Å². The molecule has 1 saturated heterocycles. The Morgan fingerprint density at radius 3 is 2.03 bits per heavy atom. The van der Waals surface area contributed by atoms with Crippen molar-refractivity contribution in [2.75, 3.05) is 6.61 Å². The average molecular weight is 565 g/mol. The zero-order chi connectivity index (χ0) is 27.9. The van der Waals surface area contributed by atoms with Crippen LogP contribution in [0.5, 0.6) is 0 Å². The first-order chi connectivity index (χ1) is 17.0. The van der Waals surface area contributed by atoms with Crippen LogP contribution in [0.4, 0.5) is 0 Å². The summed E-state index contributed by atoms with van der Waals surface area (Å²) in [7, 11) is -7.44. The van der Waals surface area contributed by atoms with Crippen molar-refractivity contribution in [1.82, 2.24) is 9.55 Å². The predicted octanol–water partition coefficient (Wildman–Crippen LogP) is 4.94. The van der Waals surface area contributed by atoms with Gasteiger partial charge in [-0.05, 0) is 22.2 Å². The van der Waals surface area contributed by atoms with Gasteiger partial charge < -0.3 is 17.7 Å². The number of hydrogen-bond donors (Lipinski definition) is 1.